The summed E-state index contributed by atoms with van der Waals surface area (Å²) >= 11 is 0. The van der Waals surface area contributed by atoms with E-state index in [2.05, 4.69) is 43.4 Å². The Bertz CT molecular complexity index is 1030. The van der Waals surface area contributed by atoms with Gasteiger partial charge in [0.25, 0.3) is 0 Å². The van der Waals surface area contributed by atoms with E-state index in [0.29, 0.717) is 24.5 Å². The standard InChI is InChI=1S/C29H37F2NO4/c1-4-35-27(34)12-8-5-9-20-15-25(30)28(31)26(16-20)36-19-24(33)18-32-29(2,3)17-21-13-22-10-6-7-11-23(22)14-21/h5-7,9-11,15-16,21,24,32-33H,4,8,12-14,17-19H2,1-3H3. The average Bonchev–Trinajstić information content (AvgIpc) is 3.23. The number of allylic oxidation sites excluding steroid dienone is 1. The second kappa shape index (κ2) is 13.0. The molecule has 2 aromatic carbocycles. The highest BCUT2D eigenvalue weighted by Crippen LogP contribution is 2.32. The number of ether oxygens (including phenoxy) is 2. The van der Waals surface area contributed by atoms with E-state index in [1.807, 2.05) is 0 Å². The van der Waals surface area contributed by atoms with Crippen molar-refractivity contribution in [1.29, 1.82) is 0 Å². The highest BCUT2D eigenvalue weighted by Gasteiger charge is 2.28. The fourth-order valence-electron chi connectivity index (χ4n) is 4.67. The smallest absolute Gasteiger partial charge is 0.306 e. The van der Waals surface area contributed by atoms with Crippen LogP contribution in [-0.4, -0.2) is 42.5 Å². The lowest BCUT2D eigenvalue weighted by Gasteiger charge is -2.30. The third kappa shape index (κ3) is 8.42. The first kappa shape index (κ1) is 27.8. The molecular formula is C29H37F2NO4. The molecule has 0 amide bonds. The number of aliphatic hydroxyl groups excluding tert-OH is 1. The van der Waals surface area contributed by atoms with Crippen LogP contribution in [0.15, 0.2) is 42.5 Å². The van der Waals surface area contributed by atoms with E-state index in [9.17, 15) is 18.7 Å². The minimum Gasteiger partial charge on any atom is -0.488 e. The van der Waals surface area contributed by atoms with Crippen molar-refractivity contribution in [3.63, 3.8) is 0 Å². The minimum atomic E-state index is -1.10. The Labute approximate surface area is 212 Å². The van der Waals surface area contributed by atoms with Gasteiger partial charge in [-0.05, 0) is 81.2 Å². The summed E-state index contributed by atoms with van der Waals surface area (Å²) in [6.07, 6.45) is 6.10. The normalized spacial score (nSPS) is 14.7. The zero-order chi connectivity index (χ0) is 26.1. The fourth-order valence-corrected chi connectivity index (χ4v) is 4.67. The number of nitrogens with one attached hydrogen (secondary N) is 1. The molecule has 0 heterocycles. The van der Waals surface area contributed by atoms with Crippen molar-refractivity contribution in [3.8, 4) is 5.75 Å². The van der Waals surface area contributed by atoms with Gasteiger partial charge in [-0.2, -0.15) is 4.39 Å². The Morgan fingerprint density at radius 2 is 1.92 bits per heavy atom. The number of fused-ring (bicyclic) bond motifs is 1. The summed E-state index contributed by atoms with van der Waals surface area (Å²) in [5.74, 6) is -2.16. The Morgan fingerprint density at radius 1 is 1.22 bits per heavy atom. The van der Waals surface area contributed by atoms with E-state index < -0.39 is 17.7 Å². The van der Waals surface area contributed by atoms with Crippen molar-refractivity contribution in [1.82, 2.24) is 5.32 Å². The van der Waals surface area contributed by atoms with Gasteiger partial charge in [-0.25, -0.2) is 4.39 Å². The number of rotatable bonds is 13. The lowest BCUT2D eigenvalue weighted by atomic mass is 9.88. The Kier molecular flexibility index (Phi) is 10.0. The van der Waals surface area contributed by atoms with Crippen LogP contribution in [-0.2, 0) is 22.4 Å². The molecule has 7 heteroatoms. The summed E-state index contributed by atoms with van der Waals surface area (Å²) in [5.41, 5.74) is 3.03. The number of benzene rings is 2. The molecule has 1 aliphatic rings. The van der Waals surface area contributed by atoms with Gasteiger partial charge in [0.05, 0.1) is 6.61 Å². The van der Waals surface area contributed by atoms with E-state index in [1.54, 1.807) is 19.1 Å². The molecule has 2 N–H and O–H groups in total. The molecule has 0 saturated heterocycles. The molecule has 3 rings (SSSR count). The Balaban J connectivity index is 1.46. The van der Waals surface area contributed by atoms with E-state index in [-0.39, 0.29) is 36.8 Å². The van der Waals surface area contributed by atoms with Crippen LogP contribution in [0.3, 0.4) is 0 Å². The zero-order valence-electron chi connectivity index (χ0n) is 21.4. The minimum absolute atomic E-state index is 0.176. The molecule has 0 aromatic heterocycles. The molecule has 1 atom stereocenters. The van der Waals surface area contributed by atoms with Crippen molar-refractivity contribution in [2.45, 2.75) is 64.5 Å². The number of hydrogen-bond acceptors (Lipinski definition) is 5. The van der Waals surface area contributed by atoms with E-state index >= 15 is 0 Å². The second-order valence-electron chi connectivity index (χ2n) is 10.0. The maximum absolute atomic E-state index is 14.2. The van der Waals surface area contributed by atoms with Gasteiger partial charge in [-0.3, -0.25) is 4.79 Å². The number of halogens is 2. The first-order valence-electron chi connectivity index (χ1n) is 12.6. The molecule has 0 aliphatic heterocycles. The lowest BCUT2D eigenvalue weighted by Crippen LogP contribution is -2.46. The number of carbonyl (C=O) groups is 1. The second-order valence-corrected chi connectivity index (χ2v) is 10.0. The largest absolute Gasteiger partial charge is 0.488 e. The number of esters is 1. The van der Waals surface area contributed by atoms with Crippen LogP contribution in [0.2, 0.25) is 0 Å². The molecule has 36 heavy (non-hydrogen) atoms. The maximum atomic E-state index is 14.2. The van der Waals surface area contributed by atoms with Crippen LogP contribution in [0.4, 0.5) is 8.78 Å². The van der Waals surface area contributed by atoms with Crippen LogP contribution in [0.1, 0.15) is 56.7 Å². The molecule has 0 bridgehead atoms. The molecule has 0 spiro atoms. The zero-order valence-corrected chi connectivity index (χ0v) is 21.4. The number of carbonyl (C=O) groups excluding carboxylic acids is 1. The number of aliphatic hydroxyl groups is 1. The van der Waals surface area contributed by atoms with Crippen LogP contribution >= 0.6 is 0 Å². The predicted octanol–water partition coefficient (Wildman–Crippen LogP) is 5.23. The maximum Gasteiger partial charge on any atom is 0.306 e. The molecule has 2 aromatic rings. The van der Waals surface area contributed by atoms with Crippen molar-refractivity contribution < 1.29 is 28.2 Å². The Morgan fingerprint density at radius 3 is 2.58 bits per heavy atom. The molecule has 1 aliphatic carbocycles. The van der Waals surface area contributed by atoms with Gasteiger partial charge in [0.1, 0.15) is 12.7 Å². The topological polar surface area (TPSA) is 67.8 Å². The van der Waals surface area contributed by atoms with Crippen LogP contribution in [0.25, 0.3) is 6.08 Å². The van der Waals surface area contributed by atoms with E-state index in [4.69, 9.17) is 9.47 Å². The monoisotopic (exact) mass is 501 g/mol. The molecule has 0 radical (unpaired) electrons. The van der Waals surface area contributed by atoms with Crippen LogP contribution in [0.5, 0.6) is 5.75 Å². The summed E-state index contributed by atoms with van der Waals surface area (Å²) in [4.78, 5) is 11.4. The third-order valence-electron chi connectivity index (χ3n) is 6.33. The lowest BCUT2D eigenvalue weighted by molar-refractivity contribution is -0.143. The van der Waals surface area contributed by atoms with Crippen molar-refractivity contribution in [2.75, 3.05) is 19.8 Å². The van der Waals surface area contributed by atoms with Crippen molar-refractivity contribution in [2.24, 2.45) is 5.92 Å². The molecule has 5 nitrogen and oxygen atoms in total. The first-order chi connectivity index (χ1) is 17.2. The summed E-state index contributed by atoms with van der Waals surface area (Å²) in [6.45, 7) is 6.36. The molecule has 196 valence electrons. The summed E-state index contributed by atoms with van der Waals surface area (Å²) in [5, 5.41) is 13.8. The summed E-state index contributed by atoms with van der Waals surface area (Å²) < 4.78 is 38.6. The molecular weight excluding hydrogens is 464 g/mol. The first-order valence-corrected chi connectivity index (χ1v) is 12.6. The fraction of sp³-hybridized carbons (Fsp3) is 0.483. The van der Waals surface area contributed by atoms with E-state index in [0.717, 1.165) is 25.3 Å². The summed E-state index contributed by atoms with van der Waals surface area (Å²) in [6, 6.07) is 11.0. The van der Waals surface area contributed by atoms with Gasteiger partial charge in [-0.15, -0.1) is 0 Å². The summed E-state index contributed by atoms with van der Waals surface area (Å²) in [7, 11) is 0. The quantitative estimate of drug-likeness (QED) is 0.368. The Hall–Kier alpha value is -2.77. The molecule has 1 unspecified atom stereocenters. The average molecular weight is 502 g/mol. The van der Waals surface area contributed by atoms with Crippen LogP contribution in [0, 0.1) is 17.6 Å². The van der Waals surface area contributed by atoms with Gasteiger partial charge in [0.15, 0.2) is 11.6 Å². The number of β-amino-alcohol motifs (C(OH)–C–C–N with tert-alkyl or cyclic N) is 1. The van der Waals surface area contributed by atoms with E-state index in [1.165, 1.54) is 17.2 Å². The SMILES string of the molecule is CCOC(=O)CCC=Cc1cc(F)c(F)c(OCC(O)CNC(C)(C)CC2Cc3ccccc3C2)c1. The van der Waals surface area contributed by atoms with Crippen molar-refractivity contribution >= 4 is 12.0 Å². The van der Waals surface area contributed by atoms with Crippen LogP contribution < -0.4 is 10.1 Å². The number of hydrogen-bond donors (Lipinski definition) is 2. The molecule has 0 saturated carbocycles. The van der Waals surface area contributed by atoms with Crippen molar-refractivity contribution in [3.05, 3.63) is 70.8 Å². The highest BCUT2D eigenvalue weighted by molar-refractivity contribution is 5.69. The highest BCUT2D eigenvalue weighted by atomic mass is 19.2. The van der Waals surface area contributed by atoms with Gasteiger partial charge in [-0.1, -0.05) is 36.4 Å². The predicted molar refractivity (Wildman–Crippen MR) is 137 cm³/mol. The van der Waals surface area contributed by atoms with Gasteiger partial charge < -0.3 is 19.9 Å². The van der Waals surface area contributed by atoms with Gasteiger partial charge in [0, 0.05) is 18.5 Å². The van der Waals surface area contributed by atoms with Gasteiger partial charge in [0.2, 0.25) is 5.82 Å². The van der Waals surface area contributed by atoms with Gasteiger partial charge >= 0.3 is 5.97 Å². The molecule has 0 fully saturated rings. The third-order valence-corrected chi connectivity index (χ3v) is 6.33.